The number of aromatic nitrogens is 1. The van der Waals surface area contributed by atoms with E-state index in [4.69, 9.17) is 4.74 Å². The Labute approximate surface area is 144 Å². The summed E-state index contributed by atoms with van der Waals surface area (Å²) in [6.45, 7) is 6.97. The molecule has 0 bridgehead atoms. The van der Waals surface area contributed by atoms with Gasteiger partial charge in [0.1, 0.15) is 5.75 Å². The lowest BCUT2D eigenvalue weighted by Crippen LogP contribution is -2.44. The number of methoxy groups -OCH3 is 1. The van der Waals surface area contributed by atoms with Gasteiger partial charge in [-0.1, -0.05) is 26.0 Å². The van der Waals surface area contributed by atoms with Crippen molar-refractivity contribution in [3.8, 4) is 5.75 Å². The van der Waals surface area contributed by atoms with Gasteiger partial charge in [0.2, 0.25) is 0 Å². The molecule has 0 aliphatic heterocycles. The molecule has 0 unspecified atom stereocenters. The van der Waals surface area contributed by atoms with Gasteiger partial charge in [0.25, 0.3) is 0 Å². The number of nitrogens with one attached hydrogen (secondary N) is 2. The summed E-state index contributed by atoms with van der Waals surface area (Å²) in [7, 11) is 3.48. The first-order chi connectivity index (χ1) is 11.5. The van der Waals surface area contributed by atoms with Crippen LogP contribution in [0.15, 0.2) is 53.8 Å². The first kappa shape index (κ1) is 17.9. The lowest BCUT2D eigenvalue weighted by molar-refractivity contribution is 0.414. The minimum Gasteiger partial charge on any atom is -0.497 e. The highest BCUT2D eigenvalue weighted by atomic mass is 16.5. The Morgan fingerprint density at radius 2 is 1.79 bits per heavy atom. The van der Waals surface area contributed by atoms with Gasteiger partial charge >= 0.3 is 0 Å². The van der Waals surface area contributed by atoms with E-state index in [1.165, 1.54) is 5.56 Å². The molecule has 0 atom stereocenters. The Morgan fingerprint density at radius 1 is 1.12 bits per heavy atom. The van der Waals surface area contributed by atoms with E-state index >= 15 is 0 Å². The zero-order valence-corrected chi connectivity index (χ0v) is 15.0. The molecule has 0 spiro atoms. The standard InChI is InChI=1S/C19H28N4O/c1-19(2,16-7-9-17(24-4)10-8-16)15-22-18(20-3)21-11-14-23-12-5-6-13-23/h5-10,12-13H,11,14-15H2,1-4H3,(H2,20,21,22). The van der Waals surface area contributed by atoms with Gasteiger partial charge in [0.05, 0.1) is 7.11 Å². The summed E-state index contributed by atoms with van der Waals surface area (Å²) in [5, 5.41) is 6.76. The zero-order valence-electron chi connectivity index (χ0n) is 15.0. The van der Waals surface area contributed by atoms with Crippen molar-refractivity contribution in [1.82, 2.24) is 15.2 Å². The van der Waals surface area contributed by atoms with Crippen molar-refractivity contribution >= 4 is 5.96 Å². The van der Waals surface area contributed by atoms with E-state index in [1.807, 2.05) is 24.3 Å². The smallest absolute Gasteiger partial charge is 0.191 e. The Balaban J connectivity index is 1.84. The molecule has 0 fully saturated rings. The topological polar surface area (TPSA) is 50.6 Å². The Hall–Kier alpha value is -2.43. The number of hydrogen-bond acceptors (Lipinski definition) is 2. The van der Waals surface area contributed by atoms with Crippen molar-refractivity contribution in [3.05, 3.63) is 54.4 Å². The fourth-order valence-corrected chi connectivity index (χ4v) is 2.49. The molecule has 24 heavy (non-hydrogen) atoms. The fraction of sp³-hybridized carbons (Fsp3) is 0.421. The maximum Gasteiger partial charge on any atom is 0.191 e. The summed E-state index contributed by atoms with van der Waals surface area (Å²) >= 11 is 0. The lowest BCUT2D eigenvalue weighted by atomic mass is 9.84. The molecule has 2 rings (SSSR count). The minimum atomic E-state index is -0.00960. The number of ether oxygens (including phenoxy) is 1. The van der Waals surface area contributed by atoms with Crippen LogP contribution < -0.4 is 15.4 Å². The summed E-state index contributed by atoms with van der Waals surface area (Å²) in [4.78, 5) is 4.30. The Bertz CT molecular complexity index is 630. The van der Waals surface area contributed by atoms with E-state index < -0.39 is 0 Å². The van der Waals surface area contributed by atoms with Crippen LogP contribution in [0.25, 0.3) is 0 Å². The molecule has 5 nitrogen and oxygen atoms in total. The SMILES string of the molecule is CN=C(NCCn1cccc1)NCC(C)(C)c1ccc(OC)cc1. The Kier molecular flexibility index (Phi) is 6.29. The van der Waals surface area contributed by atoms with Crippen molar-refractivity contribution in [3.63, 3.8) is 0 Å². The number of hydrogen-bond donors (Lipinski definition) is 2. The van der Waals surface area contributed by atoms with E-state index in [9.17, 15) is 0 Å². The maximum atomic E-state index is 5.23. The molecular weight excluding hydrogens is 300 g/mol. The van der Waals surface area contributed by atoms with E-state index in [-0.39, 0.29) is 5.41 Å². The van der Waals surface area contributed by atoms with Crippen molar-refractivity contribution < 1.29 is 4.74 Å². The van der Waals surface area contributed by atoms with Gasteiger partial charge in [-0.25, -0.2) is 0 Å². The highest BCUT2D eigenvalue weighted by molar-refractivity contribution is 5.79. The normalized spacial score (nSPS) is 12.1. The van der Waals surface area contributed by atoms with Crippen LogP contribution in [0.5, 0.6) is 5.75 Å². The maximum absolute atomic E-state index is 5.23. The quantitative estimate of drug-likeness (QED) is 0.607. The van der Waals surface area contributed by atoms with Gasteiger partial charge < -0.3 is 19.9 Å². The second-order valence-electron chi connectivity index (χ2n) is 6.39. The molecule has 0 aliphatic carbocycles. The lowest BCUT2D eigenvalue weighted by Gasteiger charge is -2.27. The third-order valence-electron chi connectivity index (χ3n) is 4.12. The van der Waals surface area contributed by atoms with E-state index in [0.717, 1.165) is 31.3 Å². The van der Waals surface area contributed by atoms with Gasteiger partial charge in [-0.15, -0.1) is 0 Å². The number of nitrogens with zero attached hydrogens (tertiary/aromatic N) is 2. The summed E-state index contributed by atoms with van der Waals surface area (Å²) in [5.41, 5.74) is 1.25. The van der Waals surface area contributed by atoms with Crippen molar-refractivity contribution in [2.75, 3.05) is 27.2 Å². The monoisotopic (exact) mass is 328 g/mol. The molecule has 0 amide bonds. The molecule has 0 aliphatic rings. The van der Waals surface area contributed by atoms with Crippen molar-refractivity contribution in [1.29, 1.82) is 0 Å². The van der Waals surface area contributed by atoms with E-state index in [2.05, 4.69) is 58.6 Å². The first-order valence-corrected chi connectivity index (χ1v) is 8.25. The molecule has 130 valence electrons. The number of aliphatic imine (C=N–C) groups is 1. The molecule has 1 aromatic heterocycles. The molecular formula is C19H28N4O. The second-order valence-corrected chi connectivity index (χ2v) is 6.39. The highest BCUT2D eigenvalue weighted by Gasteiger charge is 2.20. The third kappa shape index (κ3) is 5.05. The van der Waals surface area contributed by atoms with Gasteiger partial charge in [-0.3, -0.25) is 4.99 Å². The van der Waals surface area contributed by atoms with E-state index in [1.54, 1.807) is 14.2 Å². The molecule has 2 N–H and O–H groups in total. The highest BCUT2D eigenvalue weighted by Crippen LogP contribution is 2.24. The Morgan fingerprint density at radius 3 is 2.38 bits per heavy atom. The average Bonchev–Trinajstić information content (AvgIpc) is 3.11. The van der Waals surface area contributed by atoms with Crippen LogP contribution >= 0.6 is 0 Å². The molecule has 2 aromatic rings. The number of rotatable bonds is 7. The predicted octanol–water partition coefficient (Wildman–Crippen LogP) is 2.64. The van der Waals surface area contributed by atoms with Crippen LogP contribution in [0.4, 0.5) is 0 Å². The van der Waals surface area contributed by atoms with Crippen LogP contribution in [0.3, 0.4) is 0 Å². The van der Waals surface area contributed by atoms with Crippen LogP contribution in [0.2, 0.25) is 0 Å². The number of guanidine groups is 1. The number of benzene rings is 1. The van der Waals surface area contributed by atoms with Gasteiger partial charge in [0, 0.05) is 44.5 Å². The first-order valence-electron chi connectivity index (χ1n) is 8.25. The van der Waals surface area contributed by atoms with Gasteiger partial charge in [-0.2, -0.15) is 0 Å². The van der Waals surface area contributed by atoms with Gasteiger partial charge in [0.15, 0.2) is 5.96 Å². The molecule has 1 heterocycles. The van der Waals surface area contributed by atoms with Crippen molar-refractivity contribution in [2.24, 2.45) is 4.99 Å². The third-order valence-corrected chi connectivity index (χ3v) is 4.12. The molecule has 0 saturated heterocycles. The molecule has 0 saturated carbocycles. The fourth-order valence-electron chi connectivity index (χ4n) is 2.49. The molecule has 1 aromatic carbocycles. The van der Waals surface area contributed by atoms with Gasteiger partial charge in [-0.05, 0) is 29.8 Å². The second kappa shape index (κ2) is 8.43. The van der Waals surface area contributed by atoms with Crippen LogP contribution in [0, 0.1) is 0 Å². The minimum absolute atomic E-state index is 0.00960. The van der Waals surface area contributed by atoms with E-state index in [0.29, 0.717) is 0 Å². The molecule has 0 radical (unpaired) electrons. The summed E-state index contributed by atoms with van der Waals surface area (Å²) in [5.74, 6) is 1.70. The van der Waals surface area contributed by atoms with Crippen LogP contribution in [0.1, 0.15) is 19.4 Å². The van der Waals surface area contributed by atoms with Crippen molar-refractivity contribution in [2.45, 2.75) is 25.8 Å². The molecule has 5 heteroatoms. The summed E-state index contributed by atoms with van der Waals surface area (Å²) in [6, 6.07) is 12.3. The van der Waals surface area contributed by atoms with Crippen LogP contribution in [-0.4, -0.2) is 37.8 Å². The summed E-state index contributed by atoms with van der Waals surface area (Å²) in [6.07, 6.45) is 4.12. The van der Waals surface area contributed by atoms with Crippen LogP contribution in [-0.2, 0) is 12.0 Å². The zero-order chi connectivity index (χ0) is 17.4. The largest absolute Gasteiger partial charge is 0.497 e. The summed E-state index contributed by atoms with van der Waals surface area (Å²) < 4.78 is 7.37. The average molecular weight is 328 g/mol. The predicted molar refractivity (Wildman–Crippen MR) is 99.8 cm³/mol.